The van der Waals surface area contributed by atoms with Crippen LogP contribution in [0.15, 0.2) is 72.8 Å². The number of carboxylic acid groups (broad SMARTS) is 1. The average molecular weight is 536 g/mol. The lowest BCUT2D eigenvalue weighted by Gasteiger charge is -2.52. The molecule has 0 spiro atoms. The normalized spacial score (nSPS) is 17.3. The highest BCUT2D eigenvalue weighted by Gasteiger charge is 2.50. The van der Waals surface area contributed by atoms with Crippen LogP contribution in [0.3, 0.4) is 0 Å². The Balaban J connectivity index is 1.67. The van der Waals surface area contributed by atoms with Crippen LogP contribution < -0.4 is 5.32 Å². The van der Waals surface area contributed by atoms with Crippen LogP contribution >= 0.6 is 0 Å². The third kappa shape index (κ3) is 6.15. The van der Waals surface area contributed by atoms with Crippen molar-refractivity contribution < 1.29 is 18.7 Å². The molecule has 0 aromatic heterocycles. The second-order valence-electron chi connectivity index (χ2n) is 11.4. The third-order valence-electron chi connectivity index (χ3n) is 7.85. The van der Waals surface area contributed by atoms with Crippen LogP contribution in [0.5, 0.6) is 0 Å². The number of fused-ring (bicyclic) bond motifs is 1. The summed E-state index contributed by atoms with van der Waals surface area (Å²) in [7, 11) is 0. The van der Waals surface area contributed by atoms with Crippen LogP contribution in [-0.2, 0) is 25.0 Å². The van der Waals surface area contributed by atoms with E-state index in [0.717, 1.165) is 22.3 Å². The lowest BCUT2D eigenvalue weighted by molar-refractivity contribution is -0.0344. The third-order valence-corrected chi connectivity index (χ3v) is 7.85. The zero-order valence-corrected chi connectivity index (χ0v) is 23.3. The summed E-state index contributed by atoms with van der Waals surface area (Å²) in [6.45, 7) is 10.1. The molecule has 1 aliphatic heterocycles. The zero-order chi connectivity index (χ0) is 28.2. The summed E-state index contributed by atoms with van der Waals surface area (Å²) in [4.78, 5) is 16.8. The maximum absolute atomic E-state index is 14.1. The Hall–Kier alpha value is -3.29. The van der Waals surface area contributed by atoms with Gasteiger partial charge in [0, 0.05) is 31.1 Å². The van der Waals surface area contributed by atoms with E-state index in [0.29, 0.717) is 32.5 Å². The lowest BCUT2D eigenvalue weighted by atomic mass is 9.74. The minimum atomic E-state index is -0.996. The molecule has 0 saturated heterocycles. The predicted molar refractivity (Wildman–Crippen MR) is 150 cm³/mol. The number of rotatable bonds is 9. The van der Waals surface area contributed by atoms with Gasteiger partial charge in [0.25, 0.3) is 0 Å². The maximum atomic E-state index is 14.1. The van der Waals surface area contributed by atoms with Crippen molar-refractivity contribution in [1.82, 2.24) is 15.1 Å². The number of nitrogens with zero attached hydrogens (tertiary/aromatic N) is 2. The summed E-state index contributed by atoms with van der Waals surface area (Å²) in [5.41, 5.74) is 2.46. The fraction of sp³-hybridized carbons (Fsp3) is 0.406. The molecule has 0 radical (unpaired) electrons. The highest BCUT2D eigenvalue weighted by molar-refractivity contribution is 5.67. The number of nitrogens with one attached hydrogen (secondary N) is 1. The summed E-state index contributed by atoms with van der Waals surface area (Å²) < 4.78 is 27.6. The van der Waals surface area contributed by atoms with E-state index in [2.05, 4.69) is 31.0 Å². The molecule has 4 rings (SSSR count). The summed E-state index contributed by atoms with van der Waals surface area (Å²) >= 11 is 0. The summed E-state index contributed by atoms with van der Waals surface area (Å²) in [5, 5.41) is 14.1. The van der Waals surface area contributed by atoms with E-state index < -0.39 is 17.2 Å². The smallest absolute Gasteiger partial charge is 0.409 e. The van der Waals surface area contributed by atoms with Gasteiger partial charge in [-0.2, -0.15) is 0 Å². The molecule has 208 valence electrons. The van der Waals surface area contributed by atoms with Gasteiger partial charge in [-0.15, -0.1) is 0 Å². The summed E-state index contributed by atoms with van der Waals surface area (Å²) in [6, 6.07) is 21.1. The van der Waals surface area contributed by atoms with E-state index in [1.807, 2.05) is 43.3 Å². The molecular weight excluding hydrogens is 496 g/mol. The van der Waals surface area contributed by atoms with Crippen molar-refractivity contribution in [3.05, 3.63) is 107 Å². The van der Waals surface area contributed by atoms with Crippen LogP contribution in [0.25, 0.3) is 0 Å². The van der Waals surface area contributed by atoms with E-state index in [4.69, 9.17) is 0 Å². The number of benzene rings is 3. The standard InChI is InChI=1S/C32H39F2N3O2/c1-5-35-32(31(2,3)4,26-9-7-6-8-10-26)37(30(38)39)18-17-36-22-24-13-16-28(34)20-25(24)21-29(36)19-23-11-14-27(33)15-12-23/h6-16,20,29,35H,5,17-19,21-22H2,1-4H3,(H,38,39). The molecule has 0 aliphatic carbocycles. The van der Waals surface area contributed by atoms with Crippen LogP contribution in [0.2, 0.25) is 0 Å². The molecule has 1 heterocycles. The van der Waals surface area contributed by atoms with Crippen molar-refractivity contribution in [2.75, 3.05) is 19.6 Å². The average Bonchev–Trinajstić information content (AvgIpc) is 2.89. The molecule has 1 amide bonds. The summed E-state index contributed by atoms with van der Waals surface area (Å²) in [6.07, 6.45) is 0.289. The van der Waals surface area contributed by atoms with Crippen molar-refractivity contribution in [3.8, 4) is 0 Å². The van der Waals surface area contributed by atoms with Crippen LogP contribution in [-0.4, -0.2) is 46.7 Å². The molecule has 5 nitrogen and oxygen atoms in total. The van der Waals surface area contributed by atoms with E-state index in [-0.39, 0.29) is 24.2 Å². The van der Waals surface area contributed by atoms with E-state index in [1.165, 1.54) is 18.2 Å². The zero-order valence-electron chi connectivity index (χ0n) is 23.3. The first kappa shape index (κ1) is 28.7. The summed E-state index contributed by atoms with van der Waals surface area (Å²) in [5.74, 6) is -0.546. The maximum Gasteiger partial charge on any atom is 0.409 e. The fourth-order valence-electron chi connectivity index (χ4n) is 6.05. The largest absolute Gasteiger partial charge is 0.465 e. The van der Waals surface area contributed by atoms with Gasteiger partial charge in [0.1, 0.15) is 17.3 Å². The molecule has 1 aliphatic rings. The monoisotopic (exact) mass is 535 g/mol. The van der Waals surface area contributed by atoms with Crippen molar-refractivity contribution >= 4 is 6.09 Å². The minimum Gasteiger partial charge on any atom is -0.465 e. The van der Waals surface area contributed by atoms with Gasteiger partial charge < -0.3 is 5.11 Å². The van der Waals surface area contributed by atoms with Gasteiger partial charge in [-0.05, 0) is 65.9 Å². The first-order chi connectivity index (χ1) is 18.5. The van der Waals surface area contributed by atoms with Gasteiger partial charge in [-0.25, -0.2) is 13.6 Å². The molecule has 7 heteroatoms. The Morgan fingerprint density at radius 3 is 2.28 bits per heavy atom. The van der Waals surface area contributed by atoms with Gasteiger partial charge in [-0.3, -0.25) is 15.1 Å². The first-order valence-electron chi connectivity index (χ1n) is 13.6. The number of amides is 1. The lowest BCUT2D eigenvalue weighted by Crippen LogP contribution is -2.66. The molecule has 3 aromatic rings. The Labute approximate surface area is 230 Å². The molecule has 39 heavy (non-hydrogen) atoms. The van der Waals surface area contributed by atoms with Crippen LogP contribution in [0.1, 0.15) is 49.9 Å². The molecule has 0 bridgehead atoms. The SMILES string of the molecule is CCNC(c1ccccc1)(N(CCN1Cc2ccc(F)cc2CC1Cc1ccc(F)cc1)C(=O)O)C(C)(C)C. The second kappa shape index (κ2) is 11.8. The van der Waals surface area contributed by atoms with E-state index in [9.17, 15) is 18.7 Å². The van der Waals surface area contributed by atoms with Gasteiger partial charge in [0.05, 0.1) is 0 Å². The number of hydrogen-bond donors (Lipinski definition) is 2. The van der Waals surface area contributed by atoms with Gasteiger partial charge in [0.2, 0.25) is 0 Å². The molecule has 2 N–H and O–H groups in total. The Morgan fingerprint density at radius 1 is 1.00 bits per heavy atom. The van der Waals surface area contributed by atoms with Crippen LogP contribution in [0.4, 0.5) is 13.6 Å². The first-order valence-corrected chi connectivity index (χ1v) is 13.6. The van der Waals surface area contributed by atoms with Gasteiger partial charge >= 0.3 is 6.09 Å². The quantitative estimate of drug-likeness (QED) is 0.311. The molecule has 2 unspecified atom stereocenters. The van der Waals surface area contributed by atoms with Crippen molar-refractivity contribution in [2.24, 2.45) is 5.41 Å². The number of halogens is 2. The number of carbonyl (C=O) groups is 1. The Kier molecular flexibility index (Phi) is 8.72. The predicted octanol–water partition coefficient (Wildman–Crippen LogP) is 6.42. The molecule has 0 fully saturated rings. The van der Waals surface area contributed by atoms with Gasteiger partial charge in [0.15, 0.2) is 0 Å². The Morgan fingerprint density at radius 2 is 1.67 bits per heavy atom. The van der Waals surface area contributed by atoms with E-state index in [1.54, 1.807) is 23.1 Å². The Bertz CT molecular complexity index is 1260. The molecular formula is C32H39F2N3O2. The second-order valence-corrected chi connectivity index (χ2v) is 11.4. The molecule has 3 aromatic carbocycles. The highest BCUT2D eigenvalue weighted by atomic mass is 19.1. The number of hydrogen-bond acceptors (Lipinski definition) is 3. The van der Waals surface area contributed by atoms with Crippen LogP contribution in [0, 0.1) is 17.0 Å². The van der Waals surface area contributed by atoms with Crippen molar-refractivity contribution in [3.63, 3.8) is 0 Å². The molecule has 2 atom stereocenters. The fourth-order valence-corrected chi connectivity index (χ4v) is 6.05. The van der Waals surface area contributed by atoms with Crippen molar-refractivity contribution in [1.29, 1.82) is 0 Å². The van der Waals surface area contributed by atoms with E-state index >= 15 is 0 Å². The van der Waals surface area contributed by atoms with Gasteiger partial charge in [-0.1, -0.05) is 76.2 Å². The highest BCUT2D eigenvalue weighted by Crippen LogP contribution is 2.42. The molecule has 0 saturated carbocycles. The minimum absolute atomic E-state index is 0.0142. The topological polar surface area (TPSA) is 55.8 Å². The van der Waals surface area contributed by atoms with Crippen molar-refractivity contribution in [2.45, 2.75) is 58.8 Å².